The molecular formula is C19H27IN4O. The Hall–Kier alpha value is -1.80. The van der Waals surface area contributed by atoms with Crippen molar-refractivity contribution in [2.45, 2.75) is 13.0 Å². The summed E-state index contributed by atoms with van der Waals surface area (Å²) >= 11 is 0. The van der Waals surface area contributed by atoms with Crippen LogP contribution in [0, 0.1) is 0 Å². The summed E-state index contributed by atoms with van der Waals surface area (Å²) in [6, 6.07) is 18.5. The number of guanidine groups is 1. The topological polar surface area (TPSA) is 71.7 Å². The van der Waals surface area contributed by atoms with E-state index in [1.165, 1.54) is 5.56 Å². The fourth-order valence-corrected chi connectivity index (χ4v) is 2.24. The Balaban J connectivity index is 0.00000312. The van der Waals surface area contributed by atoms with Gasteiger partial charge in [-0.3, -0.25) is 0 Å². The van der Waals surface area contributed by atoms with Crippen LogP contribution in [-0.4, -0.2) is 32.8 Å². The summed E-state index contributed by atoms with van der Waals surface area (Å²) in [6.07, 6.45) is 0.929. The number of nitrogens with one attached hydrogen (secondary N) is 2. The molecule has 0 saturated heterocycles. The van der Waals surface area contributed by atoms with Gasteiger partial charge in [0.1, 0.15) is 0 Å². The zero-order chi connectivity index (χ0) is 17.0. The van der Waals surface area contributed by atoms with Crippen LogP contribution in [0.3, 0.4) is 0 Å². The molecule has 25 heavy (non-hydrogen) atoms. The highest BCUT2D eigenvalue weighted by Crippen LogP contribution is 2.10. The number of nitrogens with two attached hydrogens (primary N) is 1. The highest BCUT2D eigenvalue weighted by molar-refractivity contribution is 14.0. The molecule has 0 aliphatic rings. The Labute approximate surface area is 167 Å². The van der Waals surface area contributed by atoms with Crippen molar-refractivity contribution in [1.29, 1.82) is 0 Å². The number of methoxy groups -OCH3 is 1. The average molecular weight is 454 g/mol. The van der Waals surface area contributed by atoms with Gasteiger partial charge in [0, 0.05) is 25.9 Å². The first kappa shape index (κ1) is 21.2. The van der Waals surface area contributed by atoms with Crippen LogP contribution >= 0.6 is 24.0 Å². The summed E-state index contributed by atoms with van der Waals surface area (Å²) in [5.41, 5.74) is 9.40. The smallest absolute Gasteiger partial charge is 0.188 e. The Morgan fingerprint density at radius 2 is 1.72 bits per heavy atom. The number of benzene rings is 2. The molecule has 2 aromatic carbocycles. The molecule has 0 spiro atoms. The lowest BCUT2D eigenvalue weighted by Crippen LogP contribution is -2.33. The second kappa shape index (κ2) is 12.5. The molecule has 4 N–H and O–H groups in total. The Morgan fingerprint density at radius 3 is 2.40 bits per heavy atom. The van der Waals surface area contributed by atoms with Gasteiger partial charge in [0.2, 0.25) is 0 Å². The molecule has 2 rings (SSSR count). The van der Waals surface area contributed by atoms with Crippen LogP contribution in [0.15, 0.2) is 59.6 Å². The lowest BCUT2D eigenvalue weighted by molar-refractivity contribution is 0.211. The van der Waals surface area contributed by atoms with Gasteiger partial charge in [0.15, 0.2) is 5.96 Å². The molecule has 5 nitrogen and oxygen atoms in total. The molecule has 0 aliphatic carbocycles. The number of ether oxygens (including phenoxy) is 1. The molecule has 2 aromatic rings. The molecule has 0 heterocycles. The third-order valence-electron chi connectivity index (χ3n) is 3.58. The monoisotopic (exact) mass is 454 g/mol. The van der Waals surface area contributed by atoms with E-state index in [1.54, 1.807) is 7.11 Å². The van der Waals surface area contributed by atoms with Gasteiger partial charge in [-0.1, -0.05) is 42.5 Å². The quantitative estimate of drug-likeness (QED) is 0.236. The third-order valence-corrected chi connectivity index (χ3v) is 3.58. The second-order valence-electron chi connectivity index (χ2n) is 5.48. The molecule has 136 valence electrons. The number of anilines is 1. The fourth-order valence-electron chi connectivity index (χ4n) is 2.24. The largest absolute Gasteiger partial charge is 0.383 e. The highest BCUT2D eigenvalue weighted by atomic mass is 127. The van der Waals surface area contributed by atoms with Crippen molar-refractivity contribution < 1.29 is 4.74 Å². The first-order valence-electron chi connectivity index (χ1n) is 8.17. The predicted molar refractivity (Wildman–Crippen MR) is 116 cm³/mol. The van der Waals surface area contributed by atoms with Crippen molar-refractivity contribution in [1.82, 2.24) is 5.32 Å². The van der Waals surface area contributed by atoms with Crippen LogP contribution in [0.25, 0.3) is 0 Å². The van der Waals surface area contributed by atoms with Gasteiger partial charge in [0.25, 0.3) is 0 Å². The van der Waals surface area contributed by atoms with E-state index in [4.69, 9.17) is 10.5 Å². The molecule has 0 aromatic heterocycles. The van der Waals surface area contributed by atoms with Gasteiger partial charge in [-0.25, -0.2) is 4.99 Å². The SMILES string of the molecule is COCCNc1ccc(CN=C(N)NCCc2ccccc2)cc1.I. The molecular weight excluding hydrogens is 427 g/mol. The van der Waals surface area contributed by atoms with Gasteiger partial charge in [0.05, 0.1) is 13.2 Å². The number of aliphatic imine (C=N–C) groups is 1. The summed E-state index contributed by atoms with van der Waals surface area (Å²) in [5.74, 6) is 0.480. The zero-order valence-corrected chi connectivity index (χ0v) is 16.9. The first-order valence-corrected chi connectivity index (χ1v) is 8.17. The van der Waals surface area contributed by atoms with E-state index in [0.29, 0.717) is 19.1 Å². The van der Waals surface area contributed by atoms with Crippen LogP contribution in [0.1, 0.15) is 11.1 Å². The first-order chi connectivity index (χ1) is 11.8. The molecule has 0 atom stereocenters. The highest BCUT2D eigenvalue weighted by Gasteiger charge is 1.96. The van der Waals surface area contributed by atoms with E-state index in [0.717, 1.165) is 30.8 Å². The lowest BCUT2D eigenvalue weighted by atomic mass is 10.1. The minimum absolute atomic E-state index is 0. The van der Waals surface area contributed by atoms with Crippen LogP contribution < -0.4 is 16.4 Å². The normalized spacial score (nSPS) is 10.8. The van der Waals surface area contributed by atoms with Crippen molar-refractivity contribution in [2.24, 2.45) is 10.7 Å². The van der Waals surface area contributed by atoms with E-state index in [1.807, 2.05) is 30.3 Å². The van der Waals surface area contributed by atoms with Crippen molar-refractivity contribution in [2.75, 3.05) is 32.1 Å². The predicted octanol–water partition coefficient (Wildman–Crippen LogP) is 3.01. The molecule has 0 unspecified atom stereocenters. The molecule has 0 fully saturated rings. The number of nitrogens with zero attached hydrogens (tertiary/aromatic N) is 1. The number of hydrogen-bond acceptors (Lipinski definition) is 3. The lowest BCUT2D eigenvalue weighted by Gasteiger charge is -2.07. The fraction of sp³-hybridized carbons (Fsp3) is 0.316. The van der Waals surface area contributed by atoms with Crippen molar-refractivity contribution in [3.05, 3.63) is 65.7 Å². The maximum atomic E-state index is 5.91. The number of rotatable bonds is 9. The summed E-state index contributed by atoms with van der Waals surface area (Å²) < 4.78 is 5.01. The third kappa shape index (κ3) is 8.74. The molecule has 0 radical (unpaired) electrons. The summed E-state index contributed by atoms with van der Waals surface area (Å²) in [5, 5.41) is 6.43. The molecule has 0 amide bonds. The van der Waals surface area contributed by atoms with Gasteiger partial charge in [-0.2, -0.15) is 0 Å². The van der Waals surface area contributed by atoms with Gasteiger partial charge in [-0.15, -0.1) is 24.0 Å². The Bertz CT molecular complexity index is 617. The summed E-state index contributed by atoms with van der Waals surface area (Å²) in [6.45, 7) is 2.84. The van der Waals surface area contributed by atoms with Crippen molar-refractivity contribution in [3.63, 3.8) is 0 Å². The molecule has 0 aliphatic heterocycles. The van der Waals surface area contributed by atoms with Crippen LogP contribution in [0.5, 0.6) is 0 Å². The second-order valence-corrected chi connectivity index (χ2v) is 5.48. The van der Waals surface area contributed by atoms with Gasteiger partial charge >= 0.3 is 0 Å². The number of halogens is 1. The van der Waals surface area contributed by atoms with E-state index >= 15 is 0 Å². The minimum Gasteiger partial charge on any atom is -0.383 e. The van der Waals surface area contributed by atoms with E-state index < -0.39 is 0 Å². The van der Waals surface area contributed by atoms with Crippen LogP contribution in [0.2, 0.25) is 0 Å². The van der Waals surface area contributed by atoms with Crippen LogP contribution in [-0.2, 0) is 17.7 Å². The zero-order valence-electron chi connectivity index (χ0n) is 14.6. The molecule has 0 bridgehead atoms. The summed E-state index contributed by atoms with van der Waals surface area (Å²) in [7, 11) is 1.70. The molecule has 6 heteroatoms. The van der Waals surface area contributed by atoms with Gasteiger partial charge in [-0.05, 0) is 29.7 Å². The standard InChI is InChI=1S/C19H26N4O.HI/c1-24-14-13-21-18-9-7-17(8-10-18)15-23-19(20)22-12-11-16-5-3-2-4-6-16;/h2-10,21H,11-15H2,1H3,(H3,20,22,23);1H. The Morgan fingerprint density at radius 1 is 1.00 bits per heavy atom. The van der Waals surface area contributed by atoms with Crippen LogP contribution in [0.4, 0.5) is 5.69 Å². The maximum Gasteiger partial charge on any atom is 0.188 e. The van der Waals surface area contributed by atoms with Crippen molar-refractivity contribution in [3.8, 4) is 0 Å². The van der Waals surface area contributed by atoms with E-state index in [9.17, 15) is 0 Å². The summed E-state index contributed by atoms with van der Waals surface area (Å²) in [4.78, 5) is 4.37. The molecule has 0 saturated carbocycles. The maximum absolute atomic E-state index is 5.91. The average Bonchev–Trinajstić information content (AvgIpc) is 2.62. The minimum atomic E-state index is 0. The Kier molecular flexibility index (Phi) is 10.7. The number of hydrogen-bond donors (Lipinski definition) is 3. The van der Waals surface area contributed by atoms with E-state index in [2.05, 4.69) is 39.9 Å². The van der Waals surface area contributed by atoms with Crippen molar-refractivity contribution >= 4 is 35.6 Å². The van der Waals surface area contributed by atoms with E-state index in [-0.39, 0.29) is 24.0 Å². The van der Waals surface area contributed by atoms with Gasteiger partial charge < -0.3 is 21.1 Å².